The quantitative estimate of drug-likeness (QED) is 0.574. The van der Waals surface area contributed by atoms with Crippen molar-refractivity contribution in [1.29, 1.82) is 0 Å². The van der Waals surface area contributed by atoms with Gasteiger partial charge in [0.25, 0.3) is 0 Å². The maximum absolute atomic E-state index is 11.4. The molecule has 0 bridgehead atoms. The van der Waals surface area contributed by atoms with Crippen molar-refractivity contribution in [3.63, 3.8) is 0 Å². The van der Waals surface area contributed by atoms with Crippen molar-refractivity contribution < 1.29 is 14.3 Å². The molecule has 2 unspecified atom stereocenters. The van der Waals surface area contributed by atoms with E-state index in [1.165, 1.54) is 7.11 Å². The van der Waals surface area contributed by atoms with Gasteiger partial charge in [-0.3, -0.25) is 9.59 Å². The molecule has 0 fully saturated rings. The normalized spacial score (nSPS) is 28.3. The Kier molecular flexibility index (Phi) is 3.23. The molecule has 1 rings (SSSR count). The molecule has 0 N–H and O–H groups in total. The first-order valence-corrected chi connectivity index (χ1v) is 4.45. The van der Waals surface area contributed by atoms with Gasteiger partial charge in [-0.1, -0.05) is 13.0 Å². The Morgan fingerprint density at radius 1 is 1.62 bits per heavy atom. The van der Waals surface area contributed by atoms with Gasteiger partial charge < -0.3 is 4.74 Å². The van der Waals surface area contributed by atoms with E-state index in [-0.39, 0.29) is 23.6 Å². The number of carbonyl (C=O) groups excluding carboxylic acids is 2. The Hall–Kier alpha value is -1.12. The van der Waals surface area contributed by atoms with Crippen LogP contribution in [0.5, 0.6) is 0 Å². The van der Waals surface area contributed by atoms with Gasteiger partial charge in [0.1, 0.15) is 0 Å². The van der Waals surface area contributed by atoms with Crippen LogP contribution in [0.25, 0.3) is 0 Å². The van der Waals surface area contributed by atoms with Crippen molar-refractivity contribution in [1.82, 2.24) is 0 Å². The molecule has 0 amide bonds. The van der Waals surface area contributed by atoms with Crippen LogP contribution in [0.4, 0.5) is 0 Å². The summed E-state index contributed by atoms with van der Waals surface area (Å²) in [5.41, 5.74) is 0. The molecule has 0 saturated heterocycles. The zero-order chi connectivity index (χ0) is 9.84. The number of hydrogen-bond donors (Lipinski definition) is 0. The van der Waals surface area contributed by atoms with Crippen molar-refractivity contribution >= 4 is 11.8 Å². The number of methoxy groups -OCH3 is 1. The molecular formula is C10H14O3. The Morgan fingerprint density at radius 3 is 2.92 bits per heavy atom. The van der Waals surface area contributed by atoms with Crippen molar-refractivity contribution in [2.24, 2.45) is 11.8 Å². The van der Waals surface area contributed by atoms with E-state index in [1.807, 2.05) is 6.08 Å². The Balaban J connectivity index is 2.75. The van der Waals surface area contributed by atoms with Crippen LogP contribution in [-0.4, -0.2) is 18.9 Å². The van der Waals surface area contributed by atoms with Crippen LogP contribution >= 0.6 is 0 Å². The summed E-state index contributed by atoms with van der Waals surface area (Å²) in [6.07, 6.45) is 4.86. The first-order chi connectivity index (χ1) is 6.16. The molecule has 3 nitrogen and oxygen atoms in total. The Labute approximate surface area is 77.8 Å². The zero-order valence-electron chi connectivity index (χ0n) is 7.95. The maximum Gasteiger partial charge on any atom is 0.309 e. The van der Waals surface area contributed by atoms with Crippen LogP contribution in [0, 0.1) is 11.8 Å². The molecule has 0 aliphatic heterocycles. The van der Waals surface area contributed by atoms with E-state index in [4.69, 9.17) is 0 Å². The summed E-state index contributed by atoms with van der Waals surface area (Å²) >= 11 is 0. The lowest BCUT2D eigenvalue weighted by Crippen LogP contribution is -2.26. The molecule has 3 heteroatoms. The molecule has 13 heavy (non-hydrogen) atoms. The SMILES string of the molecule is COC(=O)C1CCC=CC(=O)C1C. The topological polar surface area (TPSA) is 43.4 Å². The highest BCUT2D eigenvalue weighted by Gasteiger charge is 2.30. The van der Waals surface area contributed by atoms with Gasteiger partial charge in [-0.25, -0.2) is 0 Å². The Bertz CT molecular complexity index is 243. The number of ketones is 1. The second-order valence-corrected chi connectivity index (χ2v) is 3.30. The lowest BCUT2D eigenvalue weighted by Gasteiger charge is -2.16. The summed E-state index contributed by atoms with van der Waals surface area (Å²) in [4.78, 5) is 22.6. The average molecular weight is 182 g/mol. The van der Waals surface area contributed by atoms with Crippen molar-refractivity contribution in [3.05, 3.63) is 12.2 Å². The van der Waals surface area contributed by atoms with Gasteiger partial charge in [0.2, 0.25) is 0 Å². The van der Waals surface area contributed by atoms with E-state index in [0.29, 0.717) is 6.42 Å². The second-order valence-electron chi connectivity index (χ2n) is 3.30. The van der Waals surface area contributed by atoms with Gasteiger partial charge in [0.05, 0.1) is 13.0 Å². The molecule has 0 spiro atoms. The minimum atomic E-state index is -0.274. The molecule has 0 heterocycles. The van der Waals surface area contributed by atoms with Crippen LogP contribution < -0.4 is 0 Å². The first kappa shape index (κ1) is 9.96. The van der Waals surface area contributed by atoms with Gasteiger partial charge in [0, 0.05) is 5.92 Å². The van der Waals surface area contributed by atoms with Gasteiger partial charge >= 0.3 is 5.97 Å². The predicted molar refractivity (Wildman–Crippen MR) is 48.1 cm³/mol. The summed E-state index contributed by atoms with van der Waals surface area (Å²) in [5, 5.41) is 0. The molecule has 0 aromatic heterocycles. The number of allylic oxidation sites excluding steroid dienone is 2. The minimum absolute atomic E-state index is 0.0212. The largest absolute Gasteiger partial charge is 0.469 e. The lowest BCUT2D eigenvalue weighted by molar-refractivity contribution is -0.149. The third kappa shape index (κ3) is 2.17. The third-order valence-electron chi connectivity index (χ3n) is 2.48. The van der Waals surface area contributed by atoms with E-state index >= 15 is 0 Å². The highest BCUT2D eigenvalue weighted by Crippen LogP contribution is 2.23. The summed E-state index contributed by atoms with van der Waals surface area (Å²) in [7, 11) is 1.36. The van der Waals surface area contributed by atoms with Crippen molar-refractivity contribution in [3.8, 4) is 0 Å². The van der Waals surface area contributed by atoms with E-state index < -0.39 is 0 Å². The number of esters is 1. The first-order valence-electron chi connectivity index (χ1n) is 4.45. The van der Waals surface area contributed by atoms with Crippen LogP contribution in [0.15, 0.2) is 12.2 Å². The molecule has 0 saturated carbocycles. The highest BCUT2D eigenvalue weighted by atomic mass is 16.5. The average Bonchev–Trinajstić information content (AvgIpc) is 2.29. The van der Waals surface area contributed by atoms with Gasteiger partial charge in [-0.2, -0.15) is 0 Å². The van der Waals surface area contributed by atoms with Gasteiger partial charge in [-0.05, 0) is 18.9 Å². The number of hydrogen-bond acceptors (Lipinski definition) is 3. The fraction of sp³-hybridized carbons (Fsp3) is 0.600. The molecule has 1 aliphatic carbocycles. The summed E-state index contributed by atoms with van der Waals surface area (Å²) in [6, 6.07) is 0. The molecule has 0 radical (unpaired) electrons. The number of carbonyl (C=O) groups is 2. The number of ether oxygens (including phenoxy) is 1. The summed E-state index contributed by atoms with van der Waals surface area (Å²) in [5.74, 6) is -0.767. The van der Waals surface area contributed by atoms with E-state index in [9.17, 15) is 9.59 Å². The molecule has 1 aliphatic rings. The fourth-order valence-electron chi connectivity index (χ4n) is 1.55. The molecule has 0 aromatic carbocycles. The van der Waals surface area contributed by atoms with E-state index in [1.54, 1.807) is 13.0 Å². The van der Waals surface area contributed by atoms with Crippen LogP contribution in [0.2, 0.25) is 0 Å². The zero-order valence-corrected chi connectivity index (χ0v) is 7.95. The van der Waals surface area contributed by atoms with Crippen molar-refractivity contribution in [2.75, 3.05) is 7.11 Å². The van der Waals surface area contributed by atoms with Crippen LogP contribution in [0.1, 0.15) is 19.8 Å². The predicted octanol–water partition coefficient (Wildman–Crippen LogP) is 1.33. The van der Waals surface area contributed by atoms with Gasteiger partial charge in [0.15, 0.2) is 5.78 Å². The van der Waals surface area contributed by atoms with E-state index in [0.717, 1.165) is 6.42 Å². The fourth-order valence-corrected chi connectivity index (χ4v) is 1.55. The van der Waals surface area contributed by atoms with Crippen LogP contribution in [-0.2, 0) is 14.3 Å². The number of rotatable bonds is 1. The minimum Gasteiger partial charge on any atom is -0.469 e. The standard InChI is InChI=1S/C10H14O3/c1-7-8(10(12)13-2)5-3-4-6-9(7)11/h4,6-8H,3,5H2,1-2H3. The van der Waals surface area contributed by atoms with E-state index in [2.05, 4.69) is 4.74 Å². The second kappa shape index (κ2) is 4.21. The smallest absolute Gasteiger partial charge is 0.309 e. The molecule has 0 aromatic rings. The molecular weight excluding hydrogens is 168 g/mol. The summed E-state index contributed by atoms with van der Waals surface area (Å²) < 4.78 is 4.65. The highest BCUT2D eigenvalue weighted by molar-refractivity contribution is 5.94. The van der Waals surface area contributed by atoms with Crippen LogP contribution in [0.3, 0.4) is 0 Å². The van der Waals surface area contributed by atoms with Gasteiger partial charge in [-0.15, -0.1) is 0 Å². The molecule has 72 valence electrons. The third-order valence-corrected chi connectivity index (χ3v) is 2.48. The maximum atomic E-state index is 11.4. The Morgan fingerprint density at radius 2 is 2.31 bits per heavy atom. The summed E-state index contributed by atoms with van der Waals surface area (Å²) in [6.45, 7) is 1.78. The molecule has 2 atom stereocenters. The monoisotopic (exact) mass is 182 g/mol. The lowest BCUT2D eigenvalue weighted by atomic mass is 9.89. The van der Waals surface area contributed by atoms with Crippen molar-refractivity contribution in [2.45, 2.75) is 19.8 Å².